The zero-order chi connectivity index (χ0) is 28.5. The number of carbonyl (C=O) groups is 3. The molecule has 3 amide bonds. The highest BCUT2D eigenvalue weighted by atomic mass is 16.6. The molecule has 0 radical (unpaired) electrons. The topological polar surface area (TPSA) is 91.0 Å². The van der Waals surface area contributed by atoms with Crippen LogP contribution in [0, 0.1) is 5.92 Å². The van der Waals surface area contributed by atoms with Gasteiger partial charge in [0.25, 0.3) is 5.91 Å². The molecule has 39 heavy (non-hydrogen) atoms. The number of piperidine rings is 1. The van der Waals surface area contributed by atoms with Crippen LogP contribution in [-0.2, 0) is 9.53 Å². The number of hydrogen-bond acceptors (Lipinski definition) is 5. The highest BCUT2D eigenvalue weighted by molar-refractivity contribution is 5.95. The van der Waals surface area contributed by atoms with Crippen molar-refractivity contribution in [2.45, 2.75) is 78.0 Å². The van der Waals surface area contributed by atoms with Gasteiger partial charge in [-0.05, 0) is 87.9 Å². The Morgan fingerprint density at radius 3 is 2.18 bits per heavy atom. The molecule has 0 spiro atoms. The fraction of sp³-hybridized carbons (Fsp3) is 0.516. The summed E-state index contributed by atoms with van der Waals surface area (Å²) in [6.45, 7) is 12.9. The maximum atomic E-state index is 12.7. The second-order valence-electron chi connectivity index (χ2n) is 11.8. The van der Waals surface area contributed by atoms with E-state index in [-0.39, 0.29) is 35.9 Å². The molecule has 2 aromatic rings. The van der Waals surface area contributed by atoms with Crippen LogP contribution in [0.2, 0.25) is 0 Å². The largest absolute Gasteiger partial charge is 0.444 e. The molecule has 2 heterocycles. The molecule has 1 fully saturated rings. The molecule has 8 heteroatoms. The third-order valence-electron chi connectivity index (χ3n) is 7.99. The fourth-order valence-corrected chi connectivity index (χ4v) is 5.74. The minimum absolute atomic E-state index is 0.0144. The number of nitrogens with zero attached hydrogens (tertiary/aromatic N) is 2. The van der Waals surface area contributed by atoms with Gasteiger partial charge in [0, 0.05) is 56.0 Å². The quantitative estimate of drug-likeness (QED) is 0.525. The van der Waals surface area contributed by atoms with E-state index >= 15 is 0 Å². The van der Waals surface area contributed by atoms with E-state index in [1.54, 1.807) is 18.9 Å². The first kappa shape index (κ1) is 28.5. The van der Waals surface area contributed by atoms with Crippen molar-refractivity contribution in [3.63, 3.8) is 0 Å². The van der Waals surface area contributed by atoms with E-state index in [4.69, 9.17) is 4.74 Å². The van der Waals surface area contributed by atoms with Crippen LogP contribution in [0.4, 0.5) is 16.2 Å². The van der Waals surface area contributed by atoms with Crippen LogP contribution in [-0.4, -0.2) is 54.6 Å². The fourth-order valence-electron chi connectivity index (χ4n) is 5.74. The van der Waals surface area contributed by atoms with Gasteiger partial charge in [-0.15, -0.1) is 0 Å². The first-order valence-corrected chi connectivity index (χ1v) is 13.9. The number of carbonyl (C=O) groups excluding carboxylic acids is 3. The van der Waals surface area contributed by atoms with Crippen LogP contribution in [0.5, 0.6) is 0 Å². The number of amides is 3. The van der Waals surface area contributed by atoms with Gasteiger partial charge in [0.2, 0.25) is 5.91 Å². The van der Waals surface area contributed by atoms with Crippen LogP contribution in [0.25, 0.3) is 0 Å². The summed E-state index contributed by atoms with van der Waals surface area (Å²) < 4.78 is 5.57. The lowest BCUT2D eigenvalue weighted by atomic mass is 9.80. The van der Waals surface area contributed by atoms with Crippen molar-refractivity contribution in [2.24, 2.45) is 5.92 Å². The Morgan fingerprint density at radius 1 is 0.974 bits per heavy atom. The summed E-state index contributed by atoms with van der Waals surface area (Å²) in [5, 5.41) is 6.35. The van der Waals surface area contributed by atoms with Crippen molar-refractivity contribution in [3.05, 3.63) is 59.2 Å². The van der Waals surface area contributed by atoms with Crippen LogP contribution < -0.4 is 15.5 Å². The average molecular weight is 535 g/mol. The first-order valence-electron chi connectivity index (χ1n) is 13.9. The Labute approximate surface area is 232 Å². The number of benzene rings is 2. The summed E-state index contributed by atoms with van der Waals surface area (Å²) in [4.78, 5) is 40.9. The second-order valence-corrected chi connectivity index (χ2v) is 11.8. The molecular formula is C31H42N4O4. The number of likely N-dealkylation sites (tertiary alicyclic amines) is 1. The van der Waals surface area contributed by atoms with Gasteiger partial charge in [0.15, 0.2) is 0 Å². The van der Waals surface area contributed by atoms with E-state index in [1.165, 1.54) is 5.56 Å². The molecule has 2 unspecified atom stereocenters. The Kier molecular flexibility index (Phi) is 8.23. The summed E-state index contributed by atoms with van der Waals surface area (Å²) in [5.41, 5.74) is 4.28. The maximum Gasteiger partial charge on any atom is 0.410 e. The van der Waals surface area contributed by atoms with Crippen LogP contribution in [0.3, 0.4) is 0 Å². The number of fused-ring (bicyclic) bond motifs is 1. The molecule has 210 valence electrons. The number of rotatable bonds is 4. The molecule has 0 bridgehead atoms. The standard InChI is InChI=1S/C31H42N4O4/c1-19-20(2)35(21(3)36)27-13-10-24(22-14-16-34(17-15-22)30(38)39-31(4,5)6)18-26(27)28(19)33-25-11-8-23(9-12-25)29(37)32-7/h8-13,18-20,22,28,33H,14-17H2,1-7H3,(H,32,37)/t19?,20-,28?/m0/s1. The molecular weight excluding hydrogens is 492 g/mol. The van der Waals surface area contributed by atoms with E-state index < -0.39 is 5.60 Å². The minimum atomic E-state index is -0.506. The van der Waals surface area contributed by atoms with Gasteiger partial charge in [-0.1, -0.05) is 19.1 Å². The van der Waals surface area contributed by atoms with Gasteiger partial charge in [-0.25, -0.2) is 4.79 Å². The van der Waals surface area contributed by atoms with Gasteiger partial charge < -0.3 is 25.2 Å². The first-order chi connectivity index (χ1) is 18.4. The Bertz CT molecular complexity index is 1210. The number of ether oxygens (including phenoxy) is 1. The molecule has 0 aliphatic carbocycles. The van der Waals surface area contributed by atoms with Crippen molar-refractivity contribution in [3.8, 4) is 0 Å². The molecule has 2 aromatic carbocycles. The zero-order valence-corrected chi connectivity index (χ0v) is 24.2. The van der Waals surface area contributed by atoms with E-state index in [0.717, 1.165) is 29.8 Å². The zero-order valence-electron chi connectivity index (χ0n) is 24.2. The number of hydrogen-bond donors (Lipinski definition) is 2. The van der Waals surface area contributed by atoms with E-state index in [9.17, 15) is 14.4 Å². The molecule has 0 saturated carbocycles. The highest BCUT2D eigenvalue weighted by Gasteiger charge is 2.39. The minimum Gasteiger partial charge on any atom is -0.444 e. The Balaban J connectivity index is 1.59. The third-order valence-corrected chi connectivity index (χ3v) is 7.99. The van der Waals surface area contributed by atoms with Crippen molar-refractivity contribution >= 4 is 29.3 Å². The lowest BCUT2D eigenvalue weighted by Crippen LogP contribution is -2.48. The third kappa shape index (κ3) is 6.21. The summed E-state index contributed by atoms with van der Waals surface area (Å²) in [6, 6.07) is 13.9. The molecule has 2 aliphatic rings. The van der Waals surface area contributed by atoms with Crippen LogP contribution in [0.1, 0.15) is 87.8 Å². The lowest BCUT2D eigenvalue weighted by Gasteiger charge is -2.44. The molecule has 1 saturated heterocycles. The van der Waals surface area contributed by atoms with Gasteiger partial charge >= 0.3 is 6.09 Å². The smallest absolute Gasteiger partial charge is 0.410 e. The lowest BCUT2D eigenvalue weighted by molar-refractivity contribution is -0.117. The molecule has 3 atom stereocenters. The average Bonchev–Trinajstić information content (AvgIpc) is 2.90. The van der Waals surface area contributed by atoms with E-state index in [1.807, 2.05) is 49.9 Å². The normalized spacial score (nSPS) is 21.7. The van der Waals surface area contributed by atoms with Crippen LogP contribution >= 0.6 is 0 Å². The SMILES string of the molecule is CNC(=O)c1ccc(NC2c3cc(C4CCN(C(=O)OC(C)(C)C)CC4)ccc3N(C(C)=O)[C@@H](C)C2C)cc1. The van der Waals surface area contributed by atoms with Crippen LogP contribution in [0.15, 0.2) is 42.5 Å². The van der Waals surface area contributed by atoms with E-state index in [2.05, 4.69) is 42.7 Å². The van der Waals surface area contributed by atoms with Crippen molar-refractivity contribution < 1.29 is 19.1 Å². The number of nitrogens with one attached hydrogen (secondary N) is 2. The van der Waals surface area contributed by atoms with Gasteiger partial charge in [0.05, 0.1) is 6.04 Å². The monoisotopic (exact) mass is 534 g/mol. The molecule has 2 aliphatic heterocycles. The number of anilines is 2. The van der Waals surface area contributed by atoms with Crippen molar-refractivity contribution in [1.82, 2.24) is 10.2 Å². The summed E-state index contributed by atoms with van der Waals surface area (Å²) in [5.74, 6) is 0.375. The van der Waals surface area contributed by atoms with Crippen molar-refractivity contribution in [1.29, 1.82) is 0 Å². The molecule has 2 N–H and O–H groups in total. The van der Waals surface area contributed by atoms with Gasteiger partial charge in [-0.2, -0.15) is 0 Å². The highest BCUT2D eigenvalue weighted by Crippen LogP contribution is 2.44. The predicted octanol–water partition coefficient (Wildman–Crippen LogP) is 5.71. The van der Waals surface area contributed by atoms with Gasteiger partial charge in [0.1, 0.15) is 5.60 Å². The van der Waals surface area contributed by atoms with Gasteiger partial charge in [-0.3, -0.25) is 9.59 Å². The van der Waals surface area contributed by atoms with E-state index in [0.29, 0.717) is 24.6 Å². The summed E-state index contributed by atoms with van der Waals surface area (Å²) in [7, 11) is 1.62. The Hall–Kier alpha value is -3.55. The predicted molar refractivity (Wildman–Crippen MR) is 154 cm³/mol. The second kappa shape index (κ2) is 11.3. The Morgan fingerprint density at radius 2 is 1.62 bits per heavy atom. The maximum absolute atomic E-state index is 12.7. The van der Waals surface area contributed by atoms with Crippen molar-refractivity contribution in [2.75, 3.05) is 30.4 Å². The summed E-state index contributed by atoms with van der Waals surface area (Å²) >= 11 is 0. The molecule has 8 nitrogen and oxygen atoms in total. The molecule has 0 aromatic heterocycles. The summed E-state index contributed by atoms with van der Waals surface area (Å²) in [6.07, 6.45) is 1.47. The molecule has 4 rings (SSSR count).